The summed E-state index contributed by atoms with van der Waals surface area (Å²) in [5, 5.41) is 0.791. The molecule has 2 aliphatic rings. The maximum absolute atomic E-state index is 12.1. The fraction of sp³-hybridized carbons (Fsp3) is 0.0385. The number of rotatable bonds is 4. The summed E-state index contributed by atoms with van der Waals surface area (Å²) in [6.45, 7) is 0. The molecule has 0 radical (unpaired) electrons. The first-order chi connectivity index (χ1) is 15.5. The molecule has 0 spiro atoms. The Kier molecular flexibility index (Phi) is 5.09. The predicted octanol–water partition coefficient (Wildman–Crippen LogP) is 5.91. The molecule has 32 heavy (non-hydrogen) atoms. The largest absolute Gasteiger partial charge is 0.456 e. The van der Waals surface area contributed by atoms with Gasteiger partial charge in [0.1, 0.15) is 11.3 Å². The van der Waals surface area contributed by atoms with Gasteiger partial charge in [-0.1, -0.05) is 36.4 Å². The van der Waals surface area contributed by atoms with E-state index < -0.39 is 11.1 Å². The minimum atomic E-state index is -2.17. The van der Waals surface area contributed by atoms with Gasteiger partial charge in [0, 0.05) is 52.6 Å². The first kappa shape index (κ1) is 20.2. The Hall–Kier alpha value is -3.74. The van der Waals surface area contributed by atoms with E-state index >= 15 is 0 Å². The molecule has 0 saturated heterocycles. The molecule has 0 saturated carbocycles. The summed E-state index contributed by atoms with van der Waals surface area (Å²) in [7, 11) is 1.97. The van der Waals surface area contributed by atoms with Crippen LogP contribution in [-0.2, 0) is 11.1 Å². The van der Waals surface area contributed by atoms with Crippen LogP contribution in [0.25, 0.3) is 33.4 Å². The fourth-order valence-electron chi connectivity index (χ4n) is 3.98. The normalized spacial score (nSPS) is 12.2. The van der Waals surface area contributed by atoms with E-state index in [9.17, 15) is 13.6 Å². The van der Waals surface area contributed by atoms with Crippen molar-refractivity contribution in [2.45, 2.75) is 4.90 Å². The number of hydrogen-bond donors (Lipinski definition) is 1. The van der Waals surface area contributed by atoms with Gasteiger partial charge >= 0.3 is 0 Å². The molecule has 158 valence electrons. The Bertz CT molecular complexity index is 1490. The van der Waals surface area contributed by atoms with Gasteiger partial charge in [0.25, 0.3) is 0 Å². The maximum Gasteiger partial charge on any atom is 0.187 e. The summed E-state index contributed by atoms with van der Waals surface area (Å²) in [6.07, 6.45) is 0. The highest BCUT2D eigenvalue weighted by atomic mass is 32.2. The van der Waals surface area contributed by atoms with Gasteiger partial charge in [-0.3, -0.25) is 4.79 Å². The van der Waals surface area contributed by atoms with E-state index in [-0.39, 0.29) is 5.43 Å². The lowest BCUT2D eigenvalue weighted by atomic mass is 9.93. The predicted molar refractivity (Wildman–Crippen MR) is 128 cm³/mol. The van der Waals surface area contributed by atoms with Crippen molar-refractivity contribution in [1.82, 2.24) is 0 Å². The molecule has 1 aliphatic carbocycles. The van der Waals surface area contributed by atoms with E-state index in [0.29, 0.717) is 27.4 Å². The smallest absolute Gasteiger partial charge is 0.187 e. The standard InChI is InChI=1S/C26H19NO4S/c1-27(17-7-3-2-4-8-17)18-11-13-20-23(15-18)31-24-16-19(28)12-14-21(24)26(20)22-9-5-6-10-25(22)32(29)30/h2-16H,1H3,(H,29,30). The van der Waals surface area contributed by atoms with Crippen LogP contribution in [0, 0.1) is 0 Å². The van der Waals surface area contributed by atoms with Crippen LogP contribution in [0.2, 0.25) is 0 Å². The number of fused-ring (bicyclic) bond motifs is 2. The van der Waals surface area contributed by atoms with Gasteiger partial charge < -0.3 is 13.9 Å². The van der Waals surface area contributed by atoms with Crippen LogP contribution in [0.5, 0.6) is 0 Å². The second kappa shape index (κ2) is 8.07. The van der Waals surface area contributed by atoms with Crippen molar-refractivity contribution >= 4 is 33.4 Å². The van der Waals surface area contributed by atoms with Gasteiger partial charge in [-0.15, -0.1) is 0 Å². The van der Waals surface area contributed by atoms with Crippen LogP contribution in [0.3, 0.4) is 0 Å². The van der Waals surface area contributed by atoms with Crippen LogP contribution in [-0.4, -0.2) is 15.8 Å². The third-order valence-electron chi connectivity index (χ3n) is 5.55. The van der Waals surface area contributed by atoms with Crippen LogP contribution in [0.15, 0.2) is 105 Å². The van der Waals surface area contributed by atoms with Gasteiger partial charge in [-0.2, -0.15) is 0 Å². The topological polar surface area (TPSA) is 70.8 Å². The summed E-state index contributed by atoms with van der Waals surface area (Å²) < 4.78 is 28.1. The zero-order chi connectivity index (χ0) is 22.2. The first-order valence-electron chi connectivity index (χ1n) is 10.0. The van der Waals surface area contributed by atoms with Gasteiger partial charge in [0.15, 0.2) is 16.5 Å². The monoisotopic (exact) mass is 441 g/mol. The molecule has 3 aromatic rings. The second-order valence-electron chi connectivity index (χ2n) is 7.46. The molecule has 5 rings (SSSR count). The zero-order valence-electron chi connectivity index (χ0n) is 17.2. The molecule has 6 heteroatoms. The molecule has 5 nitrogen and oxygen atoms in total. The Morgan fingerprint density at radius 3 is 2.34 bits per heavy atom. The van der Waals surface area contributed by atoms with E-state index in [4.69, 9.17) is 4.42 Å². The van der Waals surface area contributed by atoms with E-state index in [0.717, 1.165) is 22.3 Å². The Morgan fingerprint density at radius 1 is 0.812 bits per heavy atom. The molecule has 1 atom stereocenters. The van der Waals surface area contributed by atoms with Crippen molar-refractivity contribution in [2.75, 3.05) is 11.9 Å². The molecule has 1 heterocycles. The minimum Gasteiger partial charge on any atom is -0.456 e. The van der Waals surface area contributed by atoms with Gasteiger partial charge in [-0.05, 0) is 42.5 Å². The van der Waals surface area contributed by atoms with Gasteiger partial charge in [0.2, 0.25) is 0 Å². The highest BCUT2D eigenvalue weighted by molar-refractivity contribution is 7.79. The number of hydrogen-bond acceptors (Lipinski definition) is 4. The molecule has 0 aromatic heterocycles. The molecule has 1 unspecified atom stereocenters. The lowest BCUT2D eigenvalue weighted by Gasteiger charge is -2.21. The average molecular weight is 442 g/mol. The van der Waals surface area contributed by atoms with Crippen molar-refractivity contribution in [3.05, 3.63) is 101 Å². The lowest BCUT2D eigenvalue weighted by Crippen LogP contribution is -2.09. The Morgan fingerprint density at radius 2 is 1.56 bits per heavy atom. The van der Waals surface area contributed by atoms with E-state index in [2.05, 4.69) is 0 Å². The van der Waals surface area contributed by atoms with E-state index in [1.165, 1.54) is 12.1 Å². The van der Waals surface area contributed by atoms with Crippen molar-refractivity contribution in [3.8, 4) is 22.5 Å². The first-order valence-corrected chi connectivity index (χ1v) is 11.1. The zero-order valence-corrected chi connectivity index (χ0v) is 18.0. The summed E-state index contributed by atoms with van der Waals surface area (Å²) in [6, 6.07) is 27.4. The minimum absolute atomic E-state index is 0.164. The summed E-state index contributed by atoms with van der Waals surface area (Å²) in [4.78, 5) is 14.4. The summed E-state index contributed by atoms with van der Waals surface area (Å²) in [5.41, 5.74) is 4.44. The number of benzene rings is 4. The van der Waals surface area contributed by atoms with Crippen LogP contribution in [0.1, 0.15) is 0 Å². The Balaban J connectivity index is 1.81. The highest BCUT2D eigenvalue weighted by Crippen LogP contribution is 2.42. The molecule has 1 N–H and O–H groups in total. The van der Waals surface area contributed by atoms with Crippen LogP contribution >= 0.6 is 0 Å². The third kappa shape index (κ3) is 3.49. The molecular weight excluding hydrogens is 422 g/mol. The summed E-state index contributed by atoms with van der Waals surface area (Å²) in [5.74, 6) is 0.429. The van der Waals surface area contributed by atoms with Gasteiger partial charge in [0.05, 0.1) is 4.90 Å². The Labute approximate surface area is 187 Å². The van der Waals surface area contributed by atoms with Crippen molar-refractivity contribution < 1.29 is 13.2 Å². The highest BCUT2D eigenvalue weighted by Gasteiger charge is 2.21. The molecule has 0 fully saturated rings. The molecule has 0 bridgehead atoms. The van der Waals surface area contributed by atoms with E-state index in [1.807, 2.05) is 72.6 Å². The molecule has 3 aromatic carbocycles. The van der Waals surface area contributed by atoms with Crippen molar-refractivity contribution in [2.24, 2.45) is 0 Å². The molecule has 1 aliphatic heterocycles. The third-order valence-corrected chi connectivity index (χ3v) is 6.28. The van der Waals surface area contributed by atoms with Crippen LogP contribution in [0.4, 0.5) is 11.4 Å². The SMILES string of the molecule is CN(c1ccccc1)c1ccc2c(-c3ccccc3S(=O)O)c3ccc(=O)cc-3oc2c1. The maximum atomic E-state index is 12.1. The average Bonchev–Trinajstić information content (AvgIpc) is 2.82. The van der Waals surface area contributed by atoms with Gasteiger partial charge in [-0.25, -0.2) is 4.21 Å². The van der Waals surface area contributed by atoms with E-state index in [1.54, 1.807) is 18.2 Å². The number of anilines is 2. The number of nitrogens with zero attached hydrogens (tertiary/aromatic N) is 1. The number of para-hydroxylation sites is 1. The van der Waals surface area contributed by atoms with Crippen molar-refractivity contribution in [3.63, 3.8) is 0 Å². The quantitative estimate of drug-likeness (QED) is 0.277. The molecular formula is C26H19NO4S. The summed E-state index contributed by atoms with van der Waals surface area (Å²) >= 11 is -2.17. The fourth-order valence-corrected chi connectivity index (χ4v) is 4.54. The second-order valence-corrected chi connectivity index (χ2v) is 8.39. The van der Waals surface area contributed by atoms with Crippen LogP contribution < -0.4 is 10.3 Å². The lowest BCUT2D eigenvalue weighted by molar-refractivity contribution is 0.564. The molecule has 0 amide bonds. The van der Waals surface area contributed by atoms with Crippen molar-refractivity contribution in [1.29, 1.82) is 0 Å².